The number of aromatic nitrogens is 7. The Bertz CT molecular complexity index is 1980. The number of hydrogen-bond acceptors (Lipinski definition) is 10. The maximum atomic E-state index is 14.5. The minimum absolute atomic E-state index is 0.00829. The van der Waals surface area contributed by atoms with Gasteiger partial charge < -0.3 is 15.4 Å². The van der Waals surface area contributed by atoms with Gasteiger partial charge in [-0.3, -0.25) is 9.25 Å². The van der Waals surface area contributed by atoms with E-state index in [0.717, 1.165) is 30.5 Å². The van der Waals surface area contributed by atoms with Crippen molar-refractivity contribution in [2.75, 3.05) is 23.5 Å². The van der Waals surface area contributed by atoms with E-state index in [1.54, 1.807) is 41.9 Å². The van der Waals surface area contributed by atoms with Crippen LogP contribution in [-0.2, 0) is 21.6 Å². The van der Waals surface area contributed by atoms with E-state index in [1.165, 1.54) is 4.57 Å². The van der Waals surface area contributed by atoms with Crippen molar-refractivity contribution in [2.24, 2.45) is 7.05 Å². The van der Waals surface area contributed by atoms with E-state index in [-0.39, 0.29) is 33.3 Å². The number of nitrogens with zero attached hydrogens (tertiary/aromatic N) is 7. The van der Waals surface area contributed by atoms with Crippen molar-refractivity contribution >= 4 is 44.0 Å². The first-order chi connectivity index (χ1) is 21.4. The zero-order valence-electron chi connectivity index (χ0n) is 25.5. The van der Waals surface area contributed by atoms with E-state index in [1.807, 2.05) is 27.0 Å². The van der Waals surface area contributed by atoms with Gasteiger partial charge >= 0.3 is 0 Å². The van der Waals surface area contributed by atoms with Gasteiger partial charge in [0.1, 0.15) is 29.2 Å². The zero-order valence-corrected chi connectivity index (χ0v) is 26.3. The lowest BCUT2D eigenvalue weighted by molar-refractivity contribution is -0.0363. The second-order valence-corrected chi connectivity index (χ2v) is 13.1. The molecule has 1 fully saturated rings. The van der Waals surface area contributed by atoms with Gasteiger partial charge in [0.15, 0.2) is 21.3 Å². The maximum Gasteiger partial charge on any atom is 0.295 e. The fourth-order valence-corrected chi connectivity index (χ4v) is 6.31. The maximum absolute atomic E-state index is 14.5. The molecule has 0 bridgehead atoms. The Morgan fingerprint density at radius 3 is 2.38 bits per heavy atom. The highest BCUT2D eigenvalue weighted by atomic mass is 32.2. The highest BCUT2D eigenvalue weighted by Gasteiger charge is 2.29. The van der Waals surface area contributed by atoms with Gasteiger partial charge in [-0.2, -0.15) is 5.10 Å². The van der Waals surface area contributed by atoms with Gasteiger partial charge in [-0.1, -0.05) is 6.07 Å². The van der Waals surface area contributed by atoms with Crippen LogP contribution < -0.4 is 10.6 Å². The van der Waals surface area contributed by atoms with Gasteiger partial charge in [0.25, 0.3) is 6.43 Å². The SMILES string of the molecule is Cc1cc(Nc2cc(Nc3ccc(-c4cc(C)n(C)n4)cc3S(C)(=O)=O)c3nc(C(F)F)n(C4CCCCO4)c3n2)nc(C)n1. The fourth-order valence-electron chi connectivity index (χ4n) is 5.46. The number of rotatable bonds is 8. The summed E-state index contributed by atoms with van der Waals surface area (Å²) in [5.41, 5.74) is 3.68. The van der Waals surface area contributed by atoms with E-state index in [9.17, 15) is 17.2 Å². The number of nitrogens with one attached hydrogen (secondary N) is 2. The Morgan fingerprint density at radius 1 is 0.956 bits per heavy atom. The molecule has 5 heterocycles. The lowest BCUT2D eigenvalue weighted by Gasteiger charge is -2.25. The first-order valence-electron chi connectivity index (χ1n) is 14.4. The van der Waals surface area contributed by atoms with Crippen LogP contribution in [0.4, 0.5) is 31.8 Å². The number of fused-ring (bicyclic) bond motifs is 1. The van der Waals surface area contributed by atoms with Crippen molar-refractivity contribution in [2.45, 2.75) is 57.6 Å². The van der Waals surface area contributed by atoms with Crippen LogP contribution >= 0.6 is 0 Å². The van der Waals surface area contributed by atoms with Gasteiger partial charge in [-0.15, -0.1) is 0 Å². The lowest BCUT2D eigenvalue weighted by atomic mass is 10.1. The number of hydrogen-bond donors (Lipinski definition) is 2. The Labute approximate surface area is 258 Å². The highest BCUT2D eigenvalue weighted by molar-refractivity contribution is 7.90. The molecule has 1 aliphatic rings. The third-order valence-corrected chi connectivity index (χ3v) is 8.73. The molecule has 1 aromatic carbocycles. The minimum atomic E-state index is -3.75. The van der Waals surface area contributed by atoms with Crippen LogP contribution in [0.25, 0.3) is 22.4 Å². The van der Waals surface area contributed by atoms with Crippen molar-refractivity contribution in [1.82, 2.24) is 34.3 Å². The summed E-state index contributed by atoms with van der Waals surface area (Å²) < 4.78 is 64.0. The van der Waals surface area contributed by atoms with Crippen LogP contribution in [0.3, 0.4) is 0 Å². The number of sulfone groups is 1. The Balaban J connectivity index is 1.52. The number of alkyl halides is 2. The number of ether oxygens (including phenoxy) is 1. The lowest BCUT2D eigenvalue weighted by Crippen LogP contribution is -2.20. The topological polar surface area (TPSA) is 142 Å². The molecule has 1 saturated heterocycles. The van der Waals surface area contributed by atoms with Crippen LogP contribution in [0.5, 0.6) is 0 Å². The van der Waals surface area contributed by atoms with E-state index in [2.05, 4.69) is 30.7 Å². The number of imidazole rings is 1. The number of halogens is 2. The van der Waals surface area contributed by atoms with Crippen LogP contribution in [0.15, 0.2) is 41.3 Å². The average molecular weight is 638 g/mol. The first kappa shape index (κ1) is 30.5. The quantitative estimate of drug-likeness (QED) is 0.206. The van der Waals surface area contributed by atoms with Crippen LogP contribution in [0.1, 0.15) is 55.0 Å². The second kappa shape index (κ2) is 11.8. The summed E-state index contributed by atoms with van der Waals surface area (Å²) in [6, 6.07) is 10.1. The Hall–Kier alpha value is -4.50. The number of pyridine rings is 1. The summed E-state index contributed by atoms with van der Waals surface area (Å²) >= 11 is 0. The van der Waals surface area contributed by atoms with Crippen LogP contribution in [-0.4, -0.2) is 55.6 Å². The predicted molar refractivity (Wildman–Crippen MR) is 166 cm³/mol. The zero-order chi connectivity index (χ0) is 32.0. The van der Waals surface area contributed by atoms with Gasteiger partial charge in [0, 0.05) is 49.0 Å². The van der Waals surface area contributed by atoms with Crippen molar-refractivity contribution in [3.05, 3.63) is 59.4 Å². The molecule has 236 valence electrons. The number of anilines is 4. The smallest absolute Gasteiger partial charge is 0.295 e. The normalized spacial score (nSPS) is 15.6. The molecule has 1 atom stereocenters. The van der Waals surface area contributed by atoms with Crippen molar-refractivity contribution < 1.29 is 21.9 Å². The van der Waals surface area contributed by atoms with Gasteiger partial charge in [0.05, 0.1) is 22.0 Å². The largest absolute Gasteiger partial charge is 0.358 e. The Kier molecular flexibility index (Phi) is 7.99. The number of benzene rings is 1. The minimum Gasteiger partial charge on any atom is -0.358 e. The summed E-state index contributed by atoms with van der Waals surface area (Å²) in [6.45, 7) is 5.92. The molecule has 45 heavy (non-hydrogen) atoms. The standard InChI is InChI=1S/C30H33F2N9O3S/c1-16-12-24(34-18(3)33-16)36-25-15-22(27-29(37-25)41(30(38-27)28(31)32)26-8-6-7-11-44-26)35-20-10-9-19(14-23(20)45(5,42)43)21-13-17(2)40(4)39-21/h9-10,12-15,26,28H,6-8,11H2,1-5H3,(H2,33,34,35,36,37). The van der Waals surface area contributed by atoms with Crippen molar-refractivity contribution in [3.8, 4) is 11.3 Å². The van der Waals surface area contributed by atoms with E-state index in [4.69, 9.17) is 9.72 Å². The molecule has 0 aliphatic carbocycles. The molecule has 12 nitrogen and oxygen atoms in total. The molecule has 0 amide bonds. The second-order valence-electron chi connectivity index (χ2n) is 11.2. The van der Waals surface area contributed by atoms with Gasteiger partial charge in [0.2, 0.25) is 0 Å². The molecule has 0 spiro atoms. The van der Waals surface area contributed by atoms with Gasteiger partial charge in [-0.05, 0) is 58.2 Å². The third-order valence-electron chi connectivity index (χ3n) is 7.60. The summed E-state index contributed by atoms with van der Waals surface area (Å²) in [5, 5.41) is 10.8. The van der Waals surface area contributed by atoms with Crippen molar-refractivity contribution in [3.63, 3.8) is 0 Å². The summed E-state index contributed by atoms with van der Waals surface area (Å²) in [7, 11) is -1.95. The molecule has 1 aliphatic heterocycles. The summed E-state index contributed by atoms with van der Waals surface area (Å²) in [6.07, 6.45) is -0.331. The Morgan fingerprint density at radius 2 is 1.73 bits per heavy atom. The first-order valence-corrected chi connectivity index (χ1v) is 16.3. The monoisotopic (exact) mass is 637 g/mol. The summed E-state index contributed by atoms with van der Waals surface area (Å²) in [5.74, 6) is 0.793. The molecule has 4 aromatic heterocycles. The molecule has 0 saturated carbocycles. The third kappa shape index (κ3) is 6.22. The summed E-state index contributed by atoms with van der Waals surface area (Å²) in [4.78, 5) is 17.8. The number of aryl methyl sites for hydroxylation is 4. The van der Waals surface area contributed by atoms with Gasteiger partial charge in [-0.25, -0.2) is 37.1 Å². The molecule has 1 unspecified atom stereocenters. The fraction of sp³-hybridized carbons (Fsp3) is 0.367. The molecule has 6 rings (SSSR count). The van der Waals surface area contributed by atoms with Crippen LogP contribution in [0, 0.1) is 20.8 Å². The molecule has 2 N–H and O–H groups in total. The molecular weight excluding hydrogens is 604 g/mol. The molecule has 5 aromatic rings. The van der Waals surface area contributed by atoms with E-state index < -0.39 is 28.3 Å². The molecule has 0 radical (unpaired) electrons. The molecular formula is C30H33F2N9O3S. The average Bonchev–Trinajstić information content (AvgIpc) is 3.52. The predicted octanol–water partition coefficient (Wildman–Crippen LogP) is 6.07. The van der Waals surface area contributed by atoms with Crippen molar-refractivity contribution in [1.29, 1.82) is 0 Å². The molecule has 15 heteroatoms. The van der Waals surface area contributed by atoms with E-state index >= 15 is 0 Å². The van der Waals surface area contributed by atoms with E-state index in [0.29, 0.717) is 35.9 Å². The highest BCUT2D eigenvalue weighted by Crippen LogP contribution is 2.38. The van der Waals surface area contributed by atoms with Crippen LogP contribution in [0.2, 0.25) is 0 Å².